The minimum atomic E-state index is -0.425. The maximum absolute atomic E-state index is 10.3. The van der Waals surface area contributed by atoms with Gasteiger partial charge in [-0.1, -0.05) is 26.0 Å². The Morgan fingerprint density at radius 1 is 1.30 bits per heavy atom. The predicted molar refractivity (Wildman–Crippen MR) is 83.6 cm³/mol. The Morgan fingerprint density at radius 2 is 1.95 bits per heavy atom. The van der Waals surface area contributed by atoms with Crippen LogP contribution in [0.15, 0.2) is 24.3 Å². The molecule has 0 saturated carbocycles. The number of rotatable bonds is 6. The van der Waals surface area contributed by atoms with Crippen molar-refractivity contribution in [2.45, 2.75) is 32.4 Å². The molecule has 0 radical (unpaired) electrons. The summed E-state index contributed by atoms with van der Waals surface area (Å²) in [6.07, 6.45) is 0.780. The van der Waals surface area contributed by atoms with Crippen LogP contribution in [0.1, 0.15) is 31.9 Å². The second kappa shape index (κ2) is 7.07. The van der Waals surface area contributed by atoms with Gasteiger partial charge in [-0.05, 0) is 43.8 Å². The van der Waals surface area contributed by atoms with Crippen molar-refractivity contribution in [3.05, 3.63) is 29.8 Å². The molecule has 2 atom stereocenters. The molecule has 1 saturated heterocycles. The summed E-state index contributed by atoms with van der Waals surface area (Å²) < 4.78 is 0. The van der Waals surface area contributed by atoms with E-state index in [1.54, 1.807) is 0 Å². The third-order valence-corrected chi connectivity index (χ3v) is 4.33. The smallest absolute Gasteiger partial charge is 0.0916 e. The molecular weight excluding hydrogens is 250 g/mol. The van der Waals surface area contributed by atoms with E-state index in [1.807, 2.05) is 24.3 Å². The molecule has 1 aliphatic heterocycles. The number of benzene rings is 1. The van der Waals surface area contributed by atoms with Gasteiger partial charge in [0.15, 0.2) is 0 Å². The lowest BCUT2D eigenvalue weighted by molar-refractivity contribution is 0.119. The number of hydrogen-bond donors (Lipinski definition) is 2. The minimum absolute atomic E-state index is 0.425. The van der Waals surface area contributed by atoms with E-state index in [0.29, 0.717) is 12.6 Å². The Hall–Kier alpha value is -1.10. The van der Waals surface area contributed by atoms with E-state index >= 15 is 0 Å². The van der Waals surface area contributed by atoms with Crippen LogP contribution in [0.25, 0.3) is 0 Å². The minimum Gasteiger partial charge on any atom is -0.399 e. The number of aliphatic hydroxyl groups is 1. The fourth-order valence-electron chi connectivity index (χ4n) is 3.08. The van der Waals surface area contributed by atoms with E-state index in [0.717, 1.165) is 37.4 Å². The first-order valence-electron chi connectivity index (χ1n) is 7.64. The van der Waals surface area contributed by atoms with Gasteiger partial charge in [0.2, 0.25) is 0 Å². The molecule has 4 heteroatoms. The van der Waals surface area contributed by atoms with Crippen molar-refractivity contribution in [1.29, 1.82) is 0 Å². The number of nitrogens with zero attached hydrogens (tertiary/aromatic N) is 2. The summed E-state index contributed by atoms with van der Waals surface area (Å²) in [6, 6.07) is 8.17. The predicted octanol–water partition coefficient (Wildman–Crippen LogP) is 1.72. The summed E-state index contributed by atoms with van der Waals surface area (Å²) in [5.41, 5.74) is 7.36. The third-order valence-electron chi connectivity index (χ3n) is 4.33. The van der Waals surface area contributed by atoms with Gasteiger partial charge in [0.1, 0.15) is 0 Å². The molecule has 0 amide bonds. The Labute approximate surface area is 122 Å². The molecule has 4 nitrogen and oxygen atoms in total. The van der Waals surface area contributed by atoms with Crippen molar-refractivity contribution in [2.24, 2.45) is 0 Å². The number of nitrogens with two attached hydrogens (primary N) is 1. The number of likely N-dealkylation sites (N-methyl/N-ethyl adjacent to an activating group) is 1. The second-order valence-electron chi connectivity index (χ2n) is 5.61. The zero-order chi connectivity index (χ0) is 14.5. The van der Waals surface area contributed by atoms with Crippen molar-refractivity contribution < 1.29 is 5.11 Å². The van der Waals surface area contributed by atoms with Crippen molar-refractivity contribution in [2.75, 3.05) is 38.5 Å². The Morgan fingerprint density at radius 3 is 2.55 bits per heavy atom. The van der Waals surface area contributed by atoms with Crippen LogP contribution in [0, 0.1) is 0 Å². The standard InChI is InChI=1S/C16H27N3O/c1-3-19(4-2)15-9-10-18(11-15)12-16(20)13-5-7-14(17)8-6-13/h5-8,15-16,20H,3-4,9-12,17H2,1-2H3. The summed E-state index contributed by atoms with van der Waals surface area (Å²) in [5.74, 6) is 0. The molecule has 112 valence electrons. The molecule has 1 fully saturated rings. The van der Waals surface area contributed by atoms with E-state index in [4.69, 9.17) is 5.73 Å². The van der Waals surface area contributed by atoms with E-state index in [9.17, 15) is 5.11 Å². The van der Waals surface area contributed by atoms with Crippen LogP contribution in [0.3, 0.4) is 0 Å². The van der Waals surface area contributed by atoms with Crippen molar-refractivity contribution in [3.8, 4) is 0 Å². The molecule has 1 aromatic rings. The highest BCUT2D eigenvalue weighted by molar-refractivity contribution is 5.39. The lowest BCUT2D eigenvalue weighted by atomic mass is 10.1. The topological polar surface area (TPSA) is 52.7 Å². The fourth-order valence-corrected chi connectivity index (χ4v) is 3.08. The maximum atomic E-state index is 10.3. The summed E-state index contributed by atoms with van der Waals surface area (Å²) in [6.45, 7) is 9.50. The molecule has 0 spiro atoms. The molecule has 3 N–H and O–H groups in total. The lowest BCUT2D eigenvalue weighted by Gasteiger charge is -2.26. The first-order valence-corrected chi connectivity index (χ1v) is 7.64. The number of aliphatic hydroxyl groups excluding tert-OH is 1. The SMILES string of the molecule is CCN(CC)C1CCN(CC(O)c2ccc(N)cc2)C1. The van der Waals surface area contributed by atoms with Crippen LogP contribution in [0.4, 0.5) is 5.69 Å². The van der Waals surface area contributed by atoms with Gasteiger partial charge in [-0.15, -0.1) is 0 Å². The highest BCUT2D eigenvalue weighted by atomic mass is 16.3. The molecule has 2 rings (SSSR count). The first-order chi connectivity index (χ1) is 9.63. The van der Waals surface area contributed by atoms with Gasteiger partial charge in [-0.2, -0.15) is 0 Å². The van der Waals surface area contributed by atoms with Crippen molar-refractivity contribution >= 4 is 5.69 Å². The molecule has 1 aliphatic rings. The highest BCUT2D eigenvalue weighted by Crippen LogP contribution is 2.20. The Bertz CT molecular complexity index is 403. The van der Waals surface area contributed by atoms with Gasteiger partial charge in [-0.3, -0.25) is 9.80 Å². The molecule has 0 aliphatic carbocycles. The quantitative estimate of drug-likeness (QED) is 0.777. The molecule has 2 unspecified atom stereocenters. The Kier molecular flexibility index (Phi) is 5.40. The van der Waals surface area contributed by atoms with E-state index < -0.39 is 6.10 Å². The molecule has 0 aromatic heterocycles. The van der Waals surface area contributed by atoms with E-state index in [2.05, 4.69) is 23.6 Å². The highest BCUT2D eigenvalue weighted by Gasteiger charge is 2.27. The molecular formula is C16H27N3O. The summed E-state index contributed by atoms with van der Waals surface area (Å²) in [7, 11) is 0. The number of hydrogen-bond acceptors (Lipinski definition) is 4. The van der Waals surface area contributed by atoms with Gasteiger partial charge < -0.3 is 10.8 Å². The van der Waals surface area contributed by atoms with Gasteiger partial charge >= 0.3 is 0 Å². The largest absolute Gasteiger partial charge is 0.399 e. The van der Waals surface area contributed by atoms with Crippen LogP contribution >= 0.6 is 0 Å². The van der Waals surface area contributed by atoms with E-state index in [-0.39, 0.29) is 0 Å². The number of anilines is 1. The maximum Gasteiger partial charge on any atom is 0.0916 e. The fraction of sp³-hybridized carbons (Fsp3) is 0.625. The van der Waals surface area contributed by atoms with Crippen molar-refractivity contribution in [1.82, 2.24) is 9.80 Å². The van der Waals surface area contributed by atoms with Crippen molar-refractivity contribution in [3.63, 3.8) is 0 Å². The monoisotopic (exact) mass is 277 g/mol. The van der Waals surface area contributed by atoms with Crippen LogP contribution < -0.4 is 5.73 Å². The van der Waals surface area contributed by atoms with Gasteiger partial charge in [0.05, 0.1) is 6.10 Å². The molecule has 1 aromatic carbocycles. The lowest BCUT2D eigenvalue weighted by Crippen LogP contribution is -2.38. The van der Waals surface area contributed by atoms with Crippen LogP contribution in [0.5, 0.6) is 0 Å². The number of β-amino-alcohol motifs (C(OH)–C–C–N with tert-alkyl or cyclic N) is 1. The van der Waals surface area contributed by atoms with Gasteiger partial charge in [0, 0.05) is 24.8 Å². The van der Waals surface area contributed by atoms with E-state index in [1.165, 1.54) is 6.42 Å². The van der Waals surface area contributed by atoms with Crippen LogP contribution in [-0.4, -0.2) is 53.7 Å². The average Bonchev–Trinajstić information content (AvgIpc) is 2.89. The van der Waals surface area contributed by atoms with Crippen LogP contribution in [0.2, 0.25) is 0 Å². The molecule has 1 heterocycles. The normalized spacial score (nSPS) is 21.5. The number of likely N-dealkylation sites (tertiary alicyclic amines) is 1. The number of nitrogen functional groups attached to an aromatic ring is 1. The third kappa shape index (κ3) is 3.72. The average molecular weight is 277 g/mol. The molecule has 20 heavy (non-hydrogen) atoms. The first kappa shape index (κ1) is 15.3. The van der Waals surface area contributed by atoms with Gasteiger partial charge in [-0.25, -0.2) is 0 Å². The summed E-state index contributed by atoms with van der Waals surface area (Å²) in [4.78, 5) is 4.87. The zero-order valence-electron chi connectivity index (χ0n) is 12.6. The second-order valence-corrected chi connectivity index (χ2v) is 5.61. The van der Waals surface area contributed by atoms with Gasteiger partial charge in [0.25, 0.3) is 0 Å². The summed E-state index contributed by atoms with van der Waals surface area (Å²) in [5, 5.41) is 10.3. The Balaban J connectivity index is 1.87. The molecule has 0 bridgehead atoms. The summed E-state index contributed by atoms with van der Waals surface area (Å²) >= 11 is 0. The van der Waals surface area contributed by atoms with Crippen LogP contribution in [-0.2, 0) is 0 Å². The zero-order valence-corrected chi connectivity index (χ0v) is 12.6.